The molecule has 3 N–H and O–H groups in total. The molecular weight excluding hydrogens is 482 g/mol. The average Bonchev–Trinajstić information content (AvgIpc) is 3.13. The summed E-state index contributed by atoms with van der Waals surface area (Å²) in [7, 11) is 0. The van der Waals surface area contributed by atoms with Crippen molar-refractivity contribution in [3.8, 4) is 5.75 Å². The molecule has 2 amide bonds. The molecule has 0 fully saturated rings. The minimum absolute atomic E-state index is 0.0132. The van der Waals surface area contributed by atoms with Crippen molar-refractivity contribution >= 4 is 43.7 Å². The Kier molecular flexibility index (Phi) is 7.93. The first-order valence-corrected chi connectivity index (χ1v) is 9.54. The van der Waals surface area contributed by atoms with Crippen molar-refractivity contribution in [1.29, 1.82) is 0 Å². The number of carbonyl (C=O) groups is 2. The first-order chi connectivity index (χ1) is 12.8. The third kappa shape index (κ3) is 7.10. The van der Waals surface area contributed by atoms with Crippen LogP contribution in [0.15, 0.2) is 56.2 Å². The van der Waals surface area contributed by atoms with E-state index in [1.165, 1.54) is 6.26 Å². The van der Waals surface area contributed by atoms with Gasteiger partial charge in [-0.1, -0.05) is 22.5 Å². The number of hydrogen-bond donors (Lipinski definition) is 3. The molecule has 0 aliphatic carbocycles. The average molecular weight is 501 g/mol. The molecule has 1 aromatic heterocycles. The van der Waals surface area contributed by atoms with Crippen molar-refractivity contribution in [3.63, 3.8) is 0 Å². The number of amides is 2. The van der Waals surface area contributed by atoms with Crippen molar-refractivity contribution in [1.82, 2.24) is 16.2 Å². The number of nitrogens with one attached hydrogen (secondary N) is 3. The third-order valence-corrected chi connectivity index (χ3v) is 4.84. The van der Waals surface area contributed by atoms with Crippen LogP contribution in [-0.2, 0) is 16.1 Å². The van der Waals surface area contributed by atoms with Gasteiger partial charge in [0.15, 0.2) is 6.61 Å². The van der Waals surface area contributed by atoms with Crippen LogP contribution in [0, 0.1) is 6.92 Å². The smallest absolute Gasteiger partial charge is 0.276 e. The summed E-state index contributed by atoms with van der Waals surface area (Å²) in [6.07, 6.45) is 1.55. The first kappa shape index (κ1) is 21.0. The summed E-state index contributed by atoms with van der Waals surface area (Å²) in [5.74, 6) is 0.562. The number of hydrogen-bond acceptors (Lipinski definition) is 5. The molecule has 0 aliphatic heterocycles. The topological polar surface area (TPSA) is 92.6 Å². The van der Waals surface area contributed by atoms with Crippen LogP contribution in [0.2, 0.25) is 0 Å². The molecule has 9 heteroatoms. The summed E-state index contributed by atoms with van der Waals surface area (Å²) in [6, 6.07) is 7.17. The Morgan fingerprint density at radius 1 is 1.19 bits per heavy atom. The van der Waals surface area contributed by atoms with Gasteiger partial charge in [0.05, 0.1) is 23.7 Å². The van der Waals surface area contributed by atoms with Gasteiger partial charge in [-0.3, -0.25) is 15.0 Å². The molecule has 27 heavy (non-hydrogen) atoms. The van der Waals surface area contributed by atoms with Crippen molar-refractivity contribution in [3.05, 3.63) is 63.1 Å². The highest BCUT2D eigenvalue weighted by Gasteiger charge is 2.09. The zero-order valence-electron chi connectivity index (χ0n) is 14.6. The number of rotatable bonds is 9. The molecule has 0 unspecified atom stereocenters. The van der Waals surface area contributed by atoms with E-state index in [2.05, 4.69) is 54.6 Å². The lowest BCUT2D eigenvalue weighted by Crippen LogP contribution is -2.40. The summed E-state index contributed by atoms with van der Waals surface area (Å²) >= 11 is 6.80. The lowest BCUT2D eigenvalue weighted by atomic mass is 10.2. The van der Waals surface area contributed by atoms with Crippen LogP contribution < -0.4 is 20.9 Å². The molecule has 0 radical (unpaired) electrons. The van der Waals surface area contributed by atoms with E-state index in [1.54, 1.807) is 12.1 Å². The van der Waals surface area contributed by atoms with Crippen LogP contribution in [0.4, 0.5) is 0 Å². The molecule has 0 aliphatic rings. The number of hydrazine groups is 1. The summed E-state index contributed by atoms with van der Waals surface area (Å²) in [6.45, 7) is 5.73. The molecule has 0 spiro atoms. The highest BCUT2D eigenvalue weighted by Crippen LogP contribution is 2.31. The van der Waals surface area contributed by atoms with Crippen molar-refractivity contribution in [2.75, 3.05) is 6.61 Å². The third-order valence-electron chi connectivity index (χ3n) is 3.36. The van der Waals surface area contributed by atoms with E-state index in [1.807, 2.05) is 19.1 Å². The maximum Gasteiger partial charge on any atom is 0.276 e. The maximum absolute atomic E-state index is 11.9. The predicted molar refractivity (Wildman–Crippen MR) is 108 cm³/mol. The second-order valence-electron chi connectivity index (χ2n) is 5.63. The van der Waals surface area contributed by atoms with Gasteiger partial charge in [-0.15, -0.1) is 0 Å². The quantitative estimate of drug-likeness (QED) is 0.459. The van der Waals surface area contributed by atoms with Gasteiger partial charge in [0.1, 0.15) is 11.5 Å². The fourth-order valence-electron chi connectivity index (χ4n) is 1.98. The maximum atomic E-state index is 11.9. The predicted octanol–water partition coefficient (Wildman–Crippen LogP) is 3.33. The van der Waals surface area contributed by atoms with E-state index >= 15 is 0 Å². The van der Waals surface area contributed by atoms with Gasteiger partial charge in [0, 0.05) is 10.2 Å². The van der Waals surface area contributed by atoms with Crippen LogP contribution in [0.5, 0.6) is 5.75 Å². The number of benzene rings is 1. The molecule has 0 atom stereocenters. The highest BCUT2D eigenvalue weighted by atomic mass is 79.9. The van der Waals surface area contributed by atoms with E-state index < -0.39 is 5.91 Å². The molecule has 0 saturated carbocycles. The van der Waals surface area contributed by atoms with Crippen LogP contribution in [0.1, 0.15) is 17.7 Å². The Morgan fingerprint density at radius 2 is 1.96 bits per heavy atom. The van der Waals surface area contributed by atoms with Gasteiger partial charge in [0.25, 0.3) is 5.91 Å². The number of ether oxygens (including phenoxy) is 1. The monoisotopic (exact) mass is 499 g/mol. The zero-order chi connectivity index (χ0) is 19.8. The van der Waals surface area contributed by atoms with Gasteiger partial charge < -0.3 is 19.9 Å². The molecule has 0 saturated heterocycles. The second-order valence-corrected chi connectivity index (χ2v) is 7.34. The zero-order valence-corrected chi connectivity index (χ0v) is 17.8. The minimum atomic E-state index is -0.403. The largest absolute Gasteiger partial charge is 0.483 e. The summed E-state index contributed by atoms with van der Waals surface area (Å²) in [5.41, 5.74) is 6.37. The van der Waals surface area contributed by atoms with Gasteiger partial charge in [0.2, 0.25) is 5.91 Å². The van der Waals surface area contributed by atoms with E-state index in [9.17, 15) is 9.59 Å². The van der Waals surface area contributed by atoms with Crippen molar-refractivity contribution in [2.24, 2.45) is 0 Å². The van der Waals surface area contributed by atoms with Gasteiger partial charge in [-0.25, -0.2) is 0 Å². The number of halogens is 2. The number of aryl methyl sites for hydroxylation is 1. The molecular formula is C18H19Br2N3O4. The van der Waals surface area contributed by atoms with Gasteiger partial charge >= 0.3 is 0 Å². The highest BCUT2D eigenvalue weighted by molar-refractivity contribution is 9.11. The molecule has 0 bridgehead atoms. The van der Waals surface area contributed by atoms with Gasteiger partial charge in [-0.2, -0.15) is 0 Å². The molecule has 7 nitrogen and oxygen atoms in total. The van der Waals surface area contributed by atoms with Crippen molar-refractivity contribution < 1.29 is 18.7 Å². The Hall–Kier alpha value is -2.26. The van der Waals surface area contributed by atoms with E-state index in [4.69, 9.17) is 9.15 Å². The molecule has 1 heterocycles. The Balaban J connectivity index is 1.68. The lowest BCUT2D eigenvalue weighted by molar-refractivity contribution is -0.124. The fourth-order valence-corrected chi connectivity index (χ4v) is 3.09. The number of carbonyl (C=O) groups excluding carboxylic acids is 2. The van der Waals surface area contributed by atoms with E-state index in [0.717, 1.165) is 14.5 Å². The van der Waals surface area contributed by atoms with E-state index in [-0.39, 0.29) is 18.9 Å². The second kappa shape index (κ2) is 10.2. The lowest BCUT2D eigenvalue weighted by Gasteiger charge is -2.13. The summed E-state index contributed by atoms with van der Waals surface area (Å²) in [4.78, 5) is 23.7. The van der Waals surface area contributed by atoms with Crippen LogP contribution in [0.3, 0.4) is 0 Å². The normalized spacial score (nSPS) is 10.2. The molecule has 2 aromatic rings. The number of furan rings is 1. The van der Waals surface area contributed by atoms with E-state index in [0.29, 0.717) is 23.8 Å². The summed E-state index contributed by atoms with van der Waals surface area (Å²) < 4.78 is 12.3. The van der Waals surface area contributed by atoms with Crippen molar-refractivity contribution in [2.45, 2.75) is 19.9 Å². The minimum Gasteiger partial charge on any atom is -0.483 e. The SMILES string of the molecule is C=C(CC(=O)NCc1ccco1)NNC(=O)COc1cc(C)c(Br)cc1Br. The Labute approximate surface area is 173 Å². The summed E-state index contributed by atoms with van der Waals surface area (Å²) in [5, 5.41) is 2.69. The van der Waals surface area contributed by atoms with Gasteiger partial charge in [-0.05, 0) is 52.7 Å². The first-order valence-electron chi connectivity index (χ1n) is 7.95. The Morgan fingerprint density at radius 3 is 2.67 bits per heavy atom. The van der Waals surface area contributed by atoms with Crippen LogP contribution in [-0.4, -0.2) is 18.4 Å². The molecule has 2 rings (SSSR count). The fraction of sp³-hybridized carbons (Fsp3) is 0.222. The Bertz CT molecular complexity index is 822. The standard InChI is InChI=1S/C18H19Br2N3O4/c1-11-6-16(15(20)8-14(11)19)27-10-18(25)23-22-12(2)7-17(24)21-9-13-4-3-5-26-13/h3-6,8,22H,2,7,9-10H2,1H3,(H,21,24)(H,23,25). The van der Waals surface area contributed by atoms with Crippen LogP contribution >= 0.6 is 31.9 Å². The van der Waals surface area contributed by atoms with Crippen LogP contribution in [0.25, 0.3) is 0 Å². The molecule has 1 aromatic carbocycles. The molecule has 144 valence electrons.